The molecule has 0 bridgehead atoms. The molecule has 0 saturated heterocycles. The van der Waals surface area contributed by atoms with Gasteiger partial charge in [-0.05, 0) is 54.0 Å². The van der Waals surface area contributed by atoms with E-state index < -0.39 is 0 Å². The predicted molar refractivity (Wildman–Crippen MR) is 76.7 cm³/mol. The van der Waals surface area contributed by atoms with Crippen LogP contribution in [0.3, 0.4) is 0 Å². The zero-order valence-electron chi connectivity index (χ0n) is 10.4. The summed E-state index contributed by atoms with van der Waals surface area (Å²) in [5.41, 5.74) is 2.98. The maximum Gasteiger partial charge on any atom is 0.244 e. The summed E-state index contributed by atoms with van der Waals surface area (Å²) in [5.74, 6) is -0.0238. The van der Waals surface area contributed by atoms with Crippen molar-refractivity contribution in [2.45, 2.75) is 20.4 Å². The molecule has 0 unspecified atom stereocenters. The smallest absolute Gasteiger partial charge is 0.244 e. The van der Waals surface area contributed by atoms with Gasteiger partial charge in [0.1, 0.15) is 6.54 Å². The van der Waals surface area contributed by atoms with Crippen LogP contribution in [0.4, 0.5) is 5.69 Å². The Morgan fingerprint density at radius 1 is 1.17 bits per heavy atom. The van der Waals surface area contributed by atoms with E-state index in [4.69, 9.17) is 0 Å². The third-order valence-corrected chi connectivity index (χ3v) is 3.56. The average molecular weight is 307 g/mol. The first-order chi connectivity index (χ1) is 8.58. The Kier molecular flexibility index (Phi) is 3.87. The number of aromatic nitrogens is 1. The molecule has 1 aromatic carbocycles. The third kappa shape index (κ3) is 2.82. The Labute approximate surface area is 115 Å². The summed E-state index contributed by atoms with van der Waals surface area (Å²) in [6.07, 6.45) is 0. The van der Waals surface area contributed by atoms with E-state index in [-0.39, 0.29) is 5.91 Å². The first kappa shape index (κ1) is 12.9. The minimum absolute atomic E-state index is 0.0238. The van der Waals surface area contributed by atoms with Gasteiger partial charge in [-0.15, -0.1) is 0 Å². The van der Waals surface area contributed by atoms with Crippen LogP contribution in [0.5, 0.6) is 0 Å². The molecule has 2 aromatic rings. The van der Waals surface area contributed by atoms with E-state index >= 15 is 0 Å². The number of carbonyl (C=O) groups excluding carboxylic acids is 1. The molecule has 0 atom stereocenters. The molecule has 0 aliphatic heterocycles. The molecule has 0 aliphatic rings. The van der Waals surface area contributed by atoms with Crippen LogP contribution in [0.25, 0.3) is 0 Å². The summed E-state index contributed by atoms with van der Waals surface area (Å²) >= 11 is 3.41. The molecule has 1 amide bonds. The second kappa shape index (κ2) is 5.40. The van der Waals surface area contributed by atoms with Crippen molar-refractivity contribution < 1.29 is 4.79 Å². The van der Waals surface area contributed by atoms with E-state index in [9.17, 15) is 4.79 Å². The van der Waals surface area contributed by atoms with Gasteiger partial charge in [-0.2, -0.15) is 0 Å². The Balaban J connectivity index is 2.08. The molecule has 0 spiro atoms. The minimum Gasteiger partial charge on any atom is -0.340 e. The van der Waals surface area contributed by atoms with Crippen molar-refractivity contribution in [1.29, 1.82) is 0 Å². The van der Waals surface area contributed by atoms with Crippen LogP contribution >= 0.6 is 15.9 Å². The summed E-state index contributed by atoms with van der Waals surface area (Å²) in [5, 5.41) is 2.90. The van der Waals surface area contributed by atoms with Crippen LogP contribution in [-0.4, -0.2) is 10.5 Å². The van der Waals surface area contributed by atoms with Crippen LogP contribution in [0.2, 0.25) is 0 Å². The highest BCUT2D eigenvalue weighted by molar-refractivity contribution is 9.10. The van der Waals surface area contributed by atoms with Crippen molar-refractivity contribution in [1.82, 2.24) is 4.57 Å². The average Bonchev–Trinajstić information content (AvgIpc) is 2.64. The fourth-order valence-electron chi connectivity index (χ4n) is 1.84. The second-order valence-electron chi connectivity index (χ2n) is 4.23. The molecule has 0 fully saturated rings. The number of nitrogens with zero attached hydrogens (tertiary/aromatic N) is 1. The van der Waals surface area contributed by atoms with Crippen molar-refractivity contribution >= 4 is 27.5 Å². The Bertz CT molecular complexity index is 555. The first-order valence-corrected chi connectivity index (χ1v) is 6.54. The summed E-state index contributed by atoms with van der Waals surface area (Å²) < 4.78 is 2.88. The third-order valence-electron chi connectivity index (χ3n) is 2.87. The van der Waals surface area contributed by atoms with E-state index in [0.29, 0.717) is 6.54 Å². The van der Waals surface area contributed by atoms with Crippen molar-refractivity contribution in [2.24, 2.45) is 0 Å². The van der Waals surface area contributed by atoms with Gasteiger partial charge >= 0.3 is 0 Å². The molecule has 1 aromatic heterocycles. The highest BCUT2D eigenvalue weighted by atomic mass is 79.9. The fourth-order valence-corrected chi connectivity index (χ4v) is 2.23. The van der Waals surface area contributed by atoms with Crippen molar-refractivity contribution in [3.63, 3.8) is 0 Å². The molecule has 0 aliphatic carbocycles. The van der Waals surface area contributed by atoms with Crippen LogP contribution < -0.4 is 5.32 Å². The molecule has 1 heterocycles. The van der Waals surface area contributed by atoms with E-state index in [1.807, 2.05) is 54.8 Å². The number of halogens is 1. The summed E-state index contributed by atoms with van der Waals surface area (Å²) in [4.78, 5) is 12.0. The van der Waals surface area contributed by atoms with Gasteiger partial charge in [0.25, 0.3) is 0 Å². The topological polar surface area (TPSA) is 34.0 Å². The van der Waals surface area contributed by atoms with E-state index in [0.717, 1.165) is 21.5 Å². The molecule has 94 valence electrons. The highest BCUT2D eigenvalue weighted by Crippen LogP contribution is 2.21. The molecule has 3 nitrogen and oxygen atoms in total. The SMILES string of the molecule is Cc1ccc(C)n1CC(=O)Nc1ccccc1Br. The number of carbonyl (C=O) groups is 1. The fraction of sp³-hybridized carbons (Fsp3) is 0.214. The van der Waals surface area contributed by atoms with E-state index in [1.54, 1.807) is 0 Å². The largest absolute Gasteiger partial charge is 0.340 e. The molecule has 0 radical (unpaired) electrons. The molecular weight excluding hydrogens is 292 g/mol. The number of para-hydroxylation sites is 1. The molecule has 18 heavy (non-hydrogen) atoms. The number of hydrogen-bond acceptors (Lipinski definition) is 1. The van der Waals surface area contributed by atoms with Gasteiger partial charge in [0.05, 0.1) is 5.69 Å². The Morgan fingerprint density at radius 2 is 1.78 bits per heavy atom. The number of aryl methyl sites for hydroxylation is 2. The molecular formula is C14H15BrN2O. The molecule has 2 rings (SSSR count). The van der Waals surface area contributed by atoms with Gasteiger partial charge in [0, 0.05) is 15.9 Å². The lowest BCUT2D eigenvalue weighted by molar-refractivity contribution is -0.116. The van der Waals surface area contributed by atoms with Crippen LogP contribution in [0.1, 0.15) is 11.4 Å². The maximum atomic E-state index is 12.0. The van der Waals surface area contributed by atoms with Crippen molar-refractivity contribution in [3.8, 4) is 0 Å². The Morgan fingerprint density at radius 3 is 2.39 bits per heavy atom. The lowest BCUT2D eigenvalue weighted by Crippen LogP contribution is -2.20. The van der Waals surface area contributed by atoms with Crippen molar-refractivity contribution in [3.05, 3.63) is 52.3 Å². The normalized spacial score (nSPS) is 10.4. The lowest BCUT2D eigenvalue weighted by atomic mass is 10.3. The second-order valence-corrected chi connectivity index (χ2v) is 5.08. The van der Waals surface area contributed by atoms with Gasteiger partial charge in [0.2, 0.25) is 5.91 Å². The van der Waals surface area contributed by atoms with Crippen LogP contribution in [0, 0.1) is 13.8 Å². The van der Waals surface area contributed by atoms with Gasteiger partial charge in [-0.1, -0.05) is 12.1 Å². The van der Waals surface area contributed by atoms with Gasteiger partial charge in [-0.25, -0.2) is 0 Å². The zero-order chi connectivity index (χ0) is 13.1. The van der Waals surface area contributed by atoms with Gasteiger partial charge in [0.15, 0.2) is 0 Å². The number of anilines is 1. The molecule has 0 saturated carbocycles. The molecule has 4 heteroatoms. The summed E-state index contributed by atoms with van der Waals surface area (Å²) in [6.45, 7) is 4.34. The number of rotatable bonds is 3. The minimum atomic E-state index is -0.0238. The number of hydrogen-bond donors (Lipinski definition) is 1. The Hall–Kier alpha value is -1.55. The number of benzene rings is 1. The van der Waals surface area contributed by atoms with E-state index in [2.05, 4.69) is 21.2 Å². The zero-order valence-corrected chi connectivity index (χ0v) is 12.0. The molecule has 1 N–H and O–H groups in total. The lowest BCUT2D eigenvalue weighted by Gasteiger charge is -2.11. The first-order valence-electron chi connectivity index (χ1n) is 5.75. The summed E-state index contributed by atoms with van der Waals surface area (Å²) in [6, 6.07) is 11.6. The predicted octanol–water partition coefficient (Wildman–Crippen LogP) is 3.51. The highest BCUT2D eigenvalue weighted by Gasteiger charge is 2.08. The van der Waals surface area contributed by atoms with Gasteiger partial charge < -0.3 is 9.88 Å². The number of amides is 1. The standard InChI is InChI=1S/C14H15BrN2O/c1-10-7-8-11(2)17(10)9-14(18)16-13-6-4-3-5-12(13)15/h3-8H,9H2,1-2H3,(H,16,18). The van der Waals surface area contributed by atoms with Crippen LogP contribution in [-0.2, 0) is 11.3 Å². The van der Waals surface area contributed by atoms with Crippen LogP contribution in [0.15, 0.2) is 40.9 Å². The monoisotopic (exact) mass is 306 g/mol. The van der Waals surface area contributed by atoms with Crippen molar-refractivity contribution in [2.75, 3.05) is 5.32 Å². The summed E-state index contributed by atoms with van der Waals surface area (Å²) in [7, 11) is 0. The maximum absolute atomic E-state index is 12.0. The van der Waals surface area contributed by atoms with E-state index in [1.165, 1.54) is 0 Å². The quantitative estimate of drug-likeness (QED) is 0.925. The number of nitrogens with one attached hydrogen (secondary N) is 1. The van der Waals surface area contributed by atoms with Gasteiger partial charge in [-0.3, -0.25) is 4.79 Å².